The number of carbonyl (C=O) groups is 1. The number of para-hydroxylation sites is 1. The first-order valence-corrected chi connectivity index (χ1v) is 10.7. The van der Waals surface area contributed by atoms with E-state index in [-0.39, 0.29) is 23.0 Å². The van der Waals surface area contributed by atoms with E-state index in [0.29, 0.717) is 13.0 Å². The first-order valence-electron chi connectivity index (χ1n) is 8.83. The summed E-state index contributed by atoms with van der Waals surface area (Å²) in [7, 11) is -3.74. The largest absolute Gasteiger partial charge is 0.375 e. The summed E-state index contributed by atoms with van der Waals surface area (Å²) in [5.74, 6) is 0.124. The fourth-order valence-corrected chi connectivity index (χ4v) is 4.17. The molecule has 9 heteroatoms. The maximum absolute atomic E-state index is 11.9. The number of nitro benzene ring substituents is 1. The molecule has 148 valence electrons. The van der Waals surface area contributed by atoms with Crippen molar-refractivity contribution < 1.29 is 18.1 Å². The summed E-state index contributed by atoms with van der Waals surface area (Å²) in [4.78, 5) is 24.2. The zero-order valence-corrected chi connectivity index (χ0v) is 16.2. The van der Waals surface area contributed by atoms with Gasteiger partial charge in [-0.3, -0.25) is 14.9 Å². The van der Waals surface area contributed by atoms with Gasteiger partial charge in [-0.2, -0.15) is 0 Å². The second-order valence-corrected chi connectivity index (χ2v) is 8.71. The summed E-state index contributed by atoms with van der Waals surface area (Å²) in [6.07, 6.45) is 2.36. The summed E-state index contributed by atoms with van der Waals surface area (Å²) in [6.45, 7) is 1.48. The van der Waals surface area contributed by atoms with Crippen molar-refractivity contribution in [2.45, 2.75) is 30.8 Å². The van der Waals surface area contributed by atoms with E-state index in [1.54, 1.807) is 4.90 Å². The zero-order valence-electron chi connectivity index (χ0n) is 15.4. The maximum Gasteiger partial charge on any atom is 0.310 e. The number of hydrogen-bond acceptors (Lipinski definition) is 6. The molecule has 1 aliphatic rings. The Morgan fingerprint density at radius 1 is 1.14 bits per heavy atom. The smallest absolute Gasteiger partial charge is 0.310 e. The Balaban J connectivity index is 1.85. The van der Waals surface area contributed by atoms with Crippen LogP contribution in [0.4, 0.5) is 11.4 Å². The second kappa shape index (κ2) is 7.97. The number of nitrogens with one attached hydrogen (secondary N) is 1. The van der Waals surface area contributed by atoms with E-state index in [1.165, 1.54) is 18.2 Å². The summed E-state index contributed by atoms with van der Waals surface area (Å²) < 4.78 is 23.8. The van der Waals surface area contributed by atoms with Gasteiger partial charge < -0.3 is 10.2 Å². The fraction of sp³-hybridized carbons (Fsp3) is 0.316. The van der Waals surface area contributed by atoms with Gasteiger partial charge in [0.05, 0.1) is 4.92 Å². The van der Waals surface area contributed by atoms with Crippen LogP contribution in [0.1, 0.15) is 24.0 Å². The molecule has 0 aromatic heterocycles. The van der Waals surface area contributed by atoms with Gasteiger partial charge in [0.25, 0.3) is 0 Å². The standard InChI is InChI=1S/C19H21N3O5S/c1-28(26,27)17-9-4-8-16(19(17)22(24)25)20-12-14-6-2-3-7-15(14)13-21-11-5-10-18(21)23/h2-4,6-9,20H,5,10-13H2,1H3. The van der Waals surface area contributed by atoms with Crippen molar-refractivity contribution in [2.75, 3.05) is 18.1 Å². The predicted octanol–water partition coefficient (Wildman–Crippen LogP) is 2.73. The first kappa shape index (κ1) is 19.8. The highest BCUT2D eigenvalue weighted by molar-refractivity contribution is 7.90. The third kappa shape index (κ3) is 4.30. The molecular formula is C19H21N3O5S. The van der Waals surface area contributed by atoms with E-state index in [9.17, 15) is 23.3 Å². The second-order valence-electron chi connectivity index (χ2n) is 6.72. The molecule has 2 aromatic rings. The monoisotopic (exact) mass is 403 g/mol. The number of sulfone groups is 1. The van der Waals surface area contributed by atoms with Gasteiger partial charge in [0.1, 0.15) is 10.6 Å². The van der Waals surface area contributed by atoms with Crippen LogP contribution in [0.25, 0.3) is 0 Å². The number of carbonyl (C=O) groups excluding carboxylic acids is 1. The van der Waals surface area contributed by atoms with Crippen LogP contribution in [-0.4, -0.2) is 36.9 Å². The summed E-state index contributed by atoms with van der Waals surface area (Å²) in [5, 5.41) is 14.5. The Kier molecular flexibility index (Phi) is 5.64. The lowest BCUT2D eigenvalue weighted by molar-refractivity contribution is -0.386. The third-order valence-corrected chi connectivity index (χ3v) is 5.83. The van der Waals surface area contributed by atoms with Crippen LogP contribution in [0.5, 0.6) is 0 Å². The summed E-state index contributed by atoms with van der Waals surface area (Å²) >= 11 is 0. The van der Waals surface area contributed by atoms with Crippen molar-refractivity contribution in [1.29, 1.82) is 0 Å². The summed E-state index contributed by atoms with van der Waals surface area (Å²) in [5.41, 5.74) is 1.52. The number of anilines is 1. The average Bonchev–Trinajstić information content (AvgIpc) is 3.04. The highest BCUT2D eigenvalue weighted by atomic mass is 32.2. The van der Waals surface area contributed by atoms with Crippen LogP contribution in [0, 0.1) is 10.1 Å². The summed E-state index contributed by atoms with van der Waals surface area (Å²) in [6, 6.07) is 11.7. The Hall–Kier alpha value is -2.94. The number of nitrogens with zero attached hydrogens (tertiary/aromatic N) is 2. The molecule has 28 heavy (non-hydrogen) atoms. The van der Waals surface area contributed by atoms with Gasteiger partial charge in [0.15, 0.2) is 9.84 Å². The molecule has 3 rings (SSSR count). The Morgan fingerprint density at radius 2 is 1.86 bits per heavy atom. The third-order valence-electron chi connectivity index (χ3n) is 4.70. The van der Waals surface area contributed by atoms with E-state index in [1.807, 2.05) is 24.3 Å². The average molecular weight is 403 g/mol. The zero-order chi connectivity index (χ0) is 20.3. The van der Waals surface area contributed by atoms with Crippen molar-refractivity contribution in [3.63, 3.8) is 0 Å². The molecule has 0 saturated carbocycles. The number of rotatable bonds is 7. The Bertz CT molecular complexity index is 1020. The number of hydrogen-bond donors (Lipinski definition) is 1. The van der Waals surface area contributed by atoms with E-state index in [4.69, 9.17) is 0 Å². The number of likely N-dealkylation sites (tertiary alicyclic amines) is 1. The van der Waals surface area contributed by atoms with Gasteiger partial charge in [-0.25, -0.2) is 8.42 Å². The molecule has 1 N–H and O–H groups in total. The van der Waals surface area contributed by atoms with E-state index in [2.05, 4.69) is 5.32 Å². The minimum atomic E-state index is -3.74. The molecule has 1 aliphatic heterocycles. The van der Waals surface area contributed by atoms with Gasteiger partial charge in [0.2, 0.25) is 5.91 Å². The number of benzene rings is 2. The lowest BCUT2D eigenvalue weighted by Crippen LogP contribution is -2.24. The fourth-order valence-electron chi connectivity index (χ4n) is 3.30. The van der Waals surface area contributed by atoms with Crippen LogP contribution in [0.2, 0.25) is 0 Å². The van der Waals surface area contributed by atoms with Crippen LogP contribution >= 0.6 is 0 Å². The van der Waals surface area contributed by atoms with Crippen LogP contribution in [-0.2, 0) is 27.7 Å². The molecule has 0 aliphatic carbocycles. The van der Waals surface area contributed by atoms with Crippen molar-refractivity contribution >= 4 is 27.1 Å². The normalized spacial score (nSPS) is 14.3. The molecule has 1 amide bonds. The van der Waals surface area contributed by atoms with Gasteiger partial charge in [-0.15, -0.1) is 0 Å². The lowest BCUT2D eigenvalue weighted by atomic mass is 10.1. The topological polar surface area (TPSA) is 110 Å². The van der Waals surface area contributed by atoms with Crippen LogP contribution in [0.3, 0.4) is 0 Å². The quantitative estimate of drug-likeness (QED) is 0.562. The van der Waals surface area contributed by atoms with Gasteiger partial charge in [-0.1, -0.05) is 30.3 Å². The minimum Gasteiger partial charge on any atom is -0.375 e. The van der Waals surface area contributed by atoms with Crippen molar-refractivity contribution in [3.05, 3.63) is 63.7 Å². The maximum atomic E-state index is 11.9. The van der Waals surface area contributed by atoms with E-state index < -0.39 is 20.4 Å². The molecule has 2 aromatic carbocycles. The lowest BCUT2D eigenvalue weighted by Gasteiger charge is -2.18. The molecule has 1 heterocycles. The van der Waals surface area contributed by atoms with Crippen molar-refractivity contribution in [3.8, 4) is 0 Å². The van der Waals surface area contributed by atoms with Crippen LogP contribution in [0.15, 0.2) is 47.4 Å². The first-order chi connectivity index (χ1) is 13.3. The highest BCUT2D eigenvalue weighted by Gasteiger charge is 2.26. The molecule has 1 saturated heterocycles. The molecule has 0 radical (unpaired) electrons. The number of amides is 1. The van der Waals surface area contributed by atoms with Crippen LogP contribution < -0.4 is 5.32 Å². The molecule has 1 fully saturated rings. The molecule has 0 atom stereocenters. The highest BCUT2D eigenvalue weighted by Crippen LogP contribution is 2.32. The molecule has 0 spiro atoms. The Morgan fingerprint density at radius 3 is 2.46 bits per heavy atom. The predicted molar refractivity (Wildman–Crippen MR) is 105 cm³/mol. The Labute approximate surface area is 163 Å². The molecule has 0 bridgehead atoms. The SMILES string of the molecule is CS(=O)(=O)c1cccc(NCc2ccccc2CN2CCCC2=O)c1[N+](=O)[O-]. The van der Waals surface area contributed by atoms with E-state index >= 15 is 0 Å². The molecule has 0 unspecified atom stereocenters. The van der Waals surface area contributed by atoms with E-state index in [0.717, 1.165) is 30.3 Å². The molecular weight excluding hydrogens is 382 g/mol. The van der Waals surface area contributed by atoms with Gasteiger partial charge in [0, 0.05) is 32.3 Å². The van der Waals surface area contributed by atoms with Crippen molar-refractivity contribution in [2.24, 2.45) is 0 Å². The van der Waals surface area contributed by atoms with Crippen molar-refractivity contribution in [1.82, 2.24) is 4.90 Å². The minimum absolute atomic E-state index is 0.124. The van der Waals surface area contributed by atoms with Gasteiger partial charge in [-0.05, 0) is 29.7 Å². The van der Waals surface area contributed by atoms with Gasteiger partial charge >= 0.3 is 5.69 Å². The molecule has 8 nitrogen and oxygen atoms in total. The number of nitro groups is 1.